The maximum Gasteiger partial charge on any atom is 0.191 e. The van der Waals surface area contributed by atoms with E-state index >= 15 is 0 Å². The van der Waals surface area contributed by atoms with Crippen molar-refractivity contribution in [3.05, 3.63) is 51.2 Å². The van der Waals surface area contributed by atoms with Crippen molar-refractivity contribution in [3.63, 3.8) is 0 Å². The molecule has 0 amide bonds. The van der Waals surface area contributed by atoms with E-state index in [0.29, 0.717) is 11.8 Å². The Kier molecular flexibility index (Phi) is 6.78. The molecule has 0 spiro atoms. The summed E-state index contributed by atoms with van der Waals surface area (Å²) in [5.41, 5.74) is 3.06. The molecule has 160 valence electrons. The molecule has 3 aromatic rings. The van der Waals surface area contributed by atoms with Crippen LogP contribution in [0, 0.1) is 20.8 Å². The van der Waals surface area contributed by atoms with Gasteiger partial charge in [0.2, 0.25) is 0 Å². The zero-order valence-electron chi connectivity index (χ0n) is 18.1. The zero-order chi connectivity index (χ0) is 21.1. The highest BCUT2D eigenvalue weighted by Gasteiger charge is 2.23. The van der Waals surface area contributed by atoms with Gasteiger partial charge >= 0.3 is 0 Å². The van der Waals surface area contributed by atoms with Crippen LogP contribution in [-0.4, -0.2) is 30.9 Å². The predicted octanol–water partition coefficient (Wildman–Crippen LogP) is 5.79. The Labute approximate surface area is 186 Å². The molecule has 0 atom stereocenters. The van der Waals surface area contributed by atoms with E-state index in [2.05, 4.69) is 50.7 Å². The first-order valence-electron chi connectivity index (χ1n) is 10.8. The van der Waals surface area contributed by atoms with Gasteiger partial charge in [0.15, 0.2) is 10.9 Å². The van der Waals surface area contributed by atoms with Crippen LogP contribution in [0.1, 0.15) is 70.6 Å². The molecule has 1 aliphatic carbocycles. The minimum Gasteiger partial charge on any atom is -0.348 e. The van der Waals surface area contributed by atoms with E-state index in [0.717, 1.165) is 40.9 Å². The second-order valence-corrected chi connectivity index (χ2v) is 10.1. The smallest absolute Gasteiger partial charge is 0.191 e. The van der Waals surface area contributed by atoms with Crippen molar-refractivity contribution in [3.8, 4) is 0 Å². The van der Waals surface area contributed by atoms with Crippen LogP contribution >= 0.6 is 23.1 Å². The number of rotatable bonds is 8. The Morgan fingerprint density at radius 2 is 2.00 bits per heavy atom. The van der Waals surface area contributed by atoms with Crippen LogP contribution in [0.3, 0.4) is 0 Å². The Balaban J connectivity index is 1.43. The van der Waals surface area contributed by atoms with Crippen molar-refractivity contribution in [2.45, 2.75) is 77.0 Å². The van der Waals surface area contributed by atoms with Crippen LogP contribution in [-0.2, 0) is 13.0 Å². The van der Waals surface area contributed by atoms with Crippen molar-refractivity contribution >= 4 is 28.9 Å². The molecule has 0 radical (unpaired) electrons. The molecule has 0 N–H and O–H groups in total. The maximum atomic E-state index is 13.0. The van der Waals surface area contributed by atoms with Crippen molar-refractivity contribution < 1.29 is 4.79 Å². The standard InChI is InChI=1S/C23H30N4OS2/c1-16-14-21(17(2)26(16)12-11-20-10-7-13-29-20)22(28)15-30-23-25-24-18(3)27(23)19-8-5-4-6-9-19/h7,10,13-14,19H,4-6,8-9,11-12,15H2,1-3H3. The third kappa shape index (κ3) is 4.57. The van der Waals surface area contributed by atoms with Gasteiger partial charge in [0.05, 0.1) is 5.75 Å². The Morgan fingerprint density at radius 3 is 2.73 bits per heavy atom. The summed E-state index contributed by atoms with van der Waals surface area (Å²) in [4.78, 5) is 14.4. The van der Waals surface area contributed by atoms with Gasteiger partial charge < -0.3 is 9.13 Å². The van der Waals surface area contributed by atoms with Crippen molar-refractivity contribution in [2.24, 2.45) is 0 Å². The summed E-state index contributed by atoms with van der Waals surface area (Å²) in [7, 11) is 0. The summed E-state index contributed by atoms with van der Waals surface area (Å²) in [6.45, 7) is 7.09. The van der Waals surface area contributed by atoms with Gasteiger partial charge in [0, 0.05) is 34.4 Å². The molecule has 1 fully saturated rings. The molecule has 30 heavy (non-hydrogen) atoms. The number of hydrogen-bond acceptors (Lipinski definition) is 5. The maximum absolute atomic E-state index is 13.0. The lowest BCUT2D eigenvalue weighted by atomic mass is 9.95. The van der Waals surface area contributed by atoms with Gasteiger partial charge in [0.1, 0.15) is 5.82 Å². The van der Waals surface area contributed by atoms with Crippen LogP contribution in [0.4, 0.5) is 0 Å². The van der Waals surface area contributed by atoms with E-state index < -0.39 is 0 Å². The minimum absolute atomic E-state index is 0.173. The van der Waals surface area contributed by atoms with Crippen LogP contribution < -0.4 is 0 Å². The summed E-state index contributed by atoms with van der Waals surface area (Å²) in [6.07, 6.45) is 7.23. The number of hydrogen-bond donors (Lipinski definition) is 0. The number of ketones is 1. The highest BCUT2D eigenvalue weighted by Crippen LogP contribution is 2.32. The molecule has 0 aliphatic heterocycles. The largest absolute Gasteiger partial charge is 0.348 e. The summed E-state index contributed by atoms with van der Waals surface area (Å²) in [6, 6.07) is 6.79. The van der Waals surface area contributed by atoms with E-state index in [1.165, 1.54) is 48.7 Å². The highest BCUT2D eigenvalue weighted by atomic mass is 32.2. The lowest BCUT2D eigenvalue weighted by Gasteiger charge is -2.24. The summed E-state index contributed by atoms with van der Waals surface area (Å²) in [5.74, 6) is 1.54. The van der Waals surface area contributed by atoms with Crippen molar-refractivity contribution in [1.82, 2.24) is 19.3 Å². The number of carbonyl (C=O) groups excluding carboxylic acids is 1. The number of nitrogens with zero attached hydrogens (tertiary/aromatic N) is 4. The van der Waals surface area contributed by atoms with E-state index in [-0.39, 0.29) is 5.78 Å². The van der Waals surface area contributed by atoms with Gasteiger partial charge in [-0.15, -0.1) is 21.5 Å². The van der Waals surface area contributed by atoms with Crippen LogP contribution in [0.25, 0.3) is 0 Å². The number of aryl methyl sites for hydroxylation is 3. The molecular formula is C23H30N4OS2. The molecule has 1 aliphatic rings. The first-order valence-corrected chi connectivity index (χ1v) is 12.7. The Bertz CT molecular complexity index is 997. The molecular weight excluding hydrogens is 412 g/mol. The summed E-state index contributed by atoms with van der Waals surface area (Å²) >= 11 is 3.32. The van der Waals surface area contributed by atoms with Crippen molar-refractivity contribution in [2.75, 3.05) is 5.75 Å². The number of thiophene rings is 1. The average Bonchev–Trinajstić information content (AvgIpc) is 3.46. The van der Waals surface area contributed by atoms with Gasteiger partial charge in [-0.1, -0.05) is 37.1 Å². The third-order valence-corrected chi connectivity index (χ3v) is 8.02. The fraction of sp³-hybridized carbons (Fsp3) is 0.522. The normalized spacial score (nSPS) is 15.0. The molecule has 0 aromatic carbocycles. The van der Waals surface area contributed by atoms with E-state index in [1.807, 2.05) is 13.0 Å². The van der Waals surface area contributed by atoms with E-state index in [9.17, 15) is 4.79 Å². The lowest BCUT2D eigenvalue weighted by Crippen LogP contribution is -2.15. The SMILES string of the molecule is Cc1cc(C(=O)CSc2nnc(C)n2C2CCCCC2)c(C)n1CCc1cccs1. The van der Waals surface area contributed by atoms with Gasteiger partial charge in [-0.2, -0.15) is 0 Å². The fourth-order valence-corrected chi connectivity index (χ4v) is 6.15. The molecule has 7 heteroatoms. The molecule has 1 saturated carbocycles. The molecule has 5 nitrogen and oxygen atoms in total. The lowest BCUT2D eigenvalue weighted by molar-refractivity contribution is 0.102. The van der Waals surface area contributed by atoms with Crippen LogP contribution in [0.15, 0.2) is 28.7 Å². The molecule has 0 unspecified atom stereocenters. The number of carbonyl (C=O) groups is 1. The quantitative estimate of drug-likeness (QED) is 0.327. The second kappa shape index (κ2) is 9.52. The topological polar surface area (TPSA) is 52.7 Å². The Morgan fingerprint density at radius 1 is 1.20 bits per heavy atom. The molecule has 3 aromatic heterocycles. The minimum atomic E-state index is 0.173. The number of Topliss-reactive ketones (excluding diaryl/α,β-unsaturated/α-hetero) is 1. The van der Waals surface area contributed by atoms with E-state index in [1.54, 1.807) is 11.3 Å². The van der Waals surface area contributed by atoms with Gasteiger partial charge in [-0.05, 0) is 57.5 Å². The van der Waals surface area contributed by atoms with Gasteiger partial charge in [-0.25, -0.2) is 0 Å². The molecule has 0 saturated heterocycles. The monoisotopic (exact) mass is 442 g/mol. The van der Waals surface area contributed by atoms with Gasteiger partial charge in [0.25, 0.3) is 0 Å². The average molecular weight is 443 g/mol. The molecule has 3 heterocycles. The van der Waals surface area contributed by atoms with Crippen molar-refractivity contribution in [1.29, 1.82) is 0 Å². The highest BCUT2D eigenvalue weighted by molar-refractivity contribution is 7.99. The first-order chi connectivity index (χ1) is 14.5. The molecule has 0 bridgehead atoms. The van der Waals surface area contributed by atoms with Crippen LogP contribution in [0.2, 0.25) is 0 Å². The zero-order valence-corrected chi connectivity index (χ0v) is 19.7. The second-order valence-electron chi connectivity index (χ2n) is 8.17. The number of aromatic nitrogens is 4. The molecule has 4 rings (SSSR count). The van der Waals surface area contributed by atoms with Crippen LogP contribution in [0.5, 0.6) is 0 Å². The van der Waals surface area contributed by atoms with E-state index in [4.69, 9.17) is 0 Å². The number of thioether (sulfide) groups is 1. The first kappa shape index (κ1) is 21.4. The summed E-state index contributed by atoms with van der Waals surface area (Å²) < 4.78 is 4.54. The predicted molar refractivity (Wildman–Crippen MR) is 124 cm³/mol. The third-order valence-electron chi connectivity index (χ3n) is 6.14. The Hall–Kier alpha value is -1.86. The fourth-order valence-electron chi connectivity index (χ4n) is 4.52. The van der Waals surface area contributed by atoms with Gasteiger partial charge in [-0.3, -0.25) is 4.79 Å². The summed E-state index contributed by atoms with van der Waals surface area (Å²) in [5, 5.41) is 11.7.